The molecule has 3 aromatic carbocycles. The summed E-state index contributed by atoms with van der Waals surface area (Å²) in [6.45, 7) is 0.295. The quantitative estimate of drug-likeness (QED) is 0.408. The molecule has 1 amide bonds. The van der Waals surface area contributed by atoms with E-state index in [1.807, 2.05) is 54.6 Å². The number of hydrogen-bond donors (Lipinski definition) is 1. The summed E-state index contributed by atoms with van der Waals surface area (Å²) in [5, 5.41) is 4.81. The zero-order valence-electron chi connectivity index (χ0n) is 16.2. The average Bonchev–Trinajstić information content (AvgIpc) is 2.77. The van der Waals surface area contributed by atoms with Crippen LogP contribution in [-0.2, 0) is 6.54 Å². The second kappa shape index (κ2) is 8.74. The summed E-state index contributed by atoms with van der Waals surface area (Å²) < 4.78 is 5.22. The molecule has 0 saturated heterocycles. The standard InChI is InChI=1S/C24H18Cl2N2O2/c1-30-18-10-7-15(8-11-18)23-13-20(19-4-2-3-5-22(19)28-23)24(29)27-14-16-6-9-17(25)12-21(16)26/h2-13H,14H2,1H3,(H,27,29). The van der Waals surface area contributed by atoms with Crippen LogP contribution < -0.4 is 10.1 Å². The molecule has 1 N–H and O–H groups in total. The van der Waals surface area contributed by atoms with Crippen LogP contribution in [0.15, 0.2) is 72.8 Å². The van der Waals surface area contributed by atoms with Gasteiger partial charge in [0.15, 0.2) is 0 Å². The second-order valence-corrected chi connectivity index (χ2v) is 7.56. The van der Waals surface area contributed by atoms with E-state index >= 15 is 0 Å². The molecule has 0 unspecified atom stereocenters. The highest BCUT2D eigenvalue weighted by molar-refractivity contribution is 6.35. The van der Waals surface area contributed by atoms with Gasteiger partial charge in [0.1, 0.15) is 5.75 Å². The van der Waals surface area contributed by atoms with Gasteiger partial charge in [-0.15, -0.1) is 0 Å². The molecular formula is C24H18Cl2N2O2. The fourth-order valence-electron chi connectivity index (χ4n) is 3.21. The molecule has 4 rings (SSSR count). The van der Waals surface area contributed by atoms with Gasteiger partial charge in [-0.2, -0.15) is 0 Å². The number of amides is 1. The highest BCUT2D eigenvalue weighted by Gasteiger charge is 2.14. The number of nitrogens with zero attached hydrogens (tertiary/aromatic N) is 1. The van der Waals surface area contributed by atoms with E-state index in [4.69, 9.17) is 32.9 Å². The van der Waals surface area contributed by atoms with Gasteiger partial charge in [-0.1, -0.05) is 47.5 Å². The van der Waals surface area contributed by atoms with Crippen LogP contribution >= 0.6 is 23.2 Å². The summed E-state index contributed by atoms with van der Waals surface area (Å²) >= 11 is 12.2. The van der Waals surface area contributed by atoms with Crippen LogP contribution in [0.5, 0.6) is 5.75 Å². The van der Waals surface area contributed by atoms with Gasteiger partial charge in [-0.3, -0.25) is 4.79 Å². The molecule has 0 spiro atoms. The van der Waals surface area contributed by atoms with Crippen LogP contribution in [0.4, 0.5) is 0 Å². The van der Waals surface area contributed by atoms with Crippen molar-refractivity contribution in [3.8, 4) is 17.0 Å². The summed E-state index contributed by atoms with van der Waals surface area (Å²) in [6, 6.07) is 22.2. The molecule has 0 aliphatic rings. The lowest BCUT2D eigenvalue weighted by atomic mass is 10.0. The number of rotatable bonds is 5. The number of ether oxygens (including phenoxy) is 1. The maximum atomic E-state index is 13.1. The second-order valence-electron chi connectivity index (χ2n) is 6.72. The van der Waals surface area contributed by atoms with Crippen molar-refractivity contribution in [2.24, 2.45) is 0 Å². The molecule has 0 aliphatic carbocycles. The fourth-order valence-corrected chi connectivity index (χ4v) is 3.68. The van der Waals surface area contributed by atoms with E-state index in [-0.39, 0.29) is 5.91 Å². The first-order valence-corrected chi connectivity index (χ1v) is 10.1. The minimum Gasteiger partial charge on any atom is -0.497 e. The SMILES string of the molecule is COc1ccc(-c2cc(C(=O)NCc3ccc(Cl)cc3Cl)c3ccccc3n2)cc1. The molecule has 1 aromatic heterocycles. The van der Waals surface area contributed by atoms with Gasteiger partial charge in [-0.05, 0) is 54.1 Å². The van der Waals surface area contributed by atoms with Crippen molar-refractivity contribution >= 4 is 40.0 Å². The Kier molecular flexibility index (Phi) is 5.88. The topological polar surface area (TPSA) is 51.2 Å². The van der Waals surface area contributed by atoms with Crippen molar-refractivity contribution in [3.63, 3.8) is 0 Å². The minimum absolute atomic E-state index is 0.200. The van der Waals surface area contributed by atoms with Gasteiger partial charge in [-0.25, -0.2) is 4.98 Å². The van der Waals surface area contributed by atoms with Gasteiger partial charge < -0.3 is 10.1 Å². The number of hydrogen-bond acceptors (Lipinski definition) is 3. The van der Waals surface area contributed by atoms with Crippen molar-refractivity contribution in [3.05, 3.63) is 94.0 Å². The first-order chi connectivity index (χ1) is 14.5. The summed E-state index contributed by atoms with van der Waals surface area (Å²) in [6.07, 6.45) is 0. The Labute approximate surface area is 184 Å². The Morgan fingerprint density at radius 2 is 1.77 bits per heavy atom. The predicted molar refractivity (Wildman–Crippen MR) is 121 cm³/mol. The molecule has 1 heterocycles. The zero-order valence-corrected chi connectivity index (χ0v) is 17.7. The molecule has 4 nitrogen and oxygen atoms in total. The third-order valence-corrected chi connectivity index (χ3v) is 5.39. The van der Waals surface area contributed by atoms with E-state index in [1.165, 1.54) is 0 Å². The Balaban J connectivity index is 1.68. The van der Waals surface area contributed by atoms with Gasteiger partial charge in [0.05, 0.1) is 23.9 Å². The highest BCUT2D eigenvalue weighted by atomic mass is 35.5. The van der Waals surface area contributed by atoms with Crippen LogP contribution in [0, 0.1) is 0 Å². The fraction of sp³-hybridized carbons (Fsp3) is 0.0833. The van der Waals surface area contributed by atoms with Crippen molar-refractivity contribution in [1.82, 2.24) is 10.3 Å². The van der Waals surface area contributed by atoms with Gasteiger partial charge in [0.2, 0.25) is 0 Å². The smallest absolute Gasteiger partial charge is 0.252 e. The minimum atomic E-state index is -0.200. The molecule has 0 aliphatic heterocycles. The molecular weight excluding hydrogens is 419 g/mol. The van der Waals surface area contributed by atoms with Crippen molar-refractivity contribution in [1.29, 1.82) is 0 Å². The van der Waals surface area contributed by atoms with Crippen LogP contribution in [0.1, 0.15) is 15.9 Å². The molecule has 0 radical (unpaired) electrons. The third-order valence-electron chi connectivity index (χ3n) is 4.80. The third kappa shape index (κ3) is 4.25. The first-order valence-electron chi connectivity index (χ1n) is 9.31. The van der Waals surface area contributed by atoms with Crippen molar-refractivity contribution in [2.75, 3.05) is 7.11 Å². The number of aromatic nitrogens is 1. The van der Waals surface area contributed by atoms with E-state index in [9.17, 15) is 4.79 Å². The Bertz CT molecular complexity index is 1220. The Morgan fingerprint density at radius 1 is 1.00 bits per heavy atom. The molecule has 0 fully saturated rings. The molecule has 150 valence electrons. The number of para-hydroxylation sites is 1. The van der Waals surface area contributed by atoms with Crippen molar-refractivity contribution in [2.45, 2.75) is 6.54 Å². The van der Waals surface area contributed by atoms with Gasteiger partial charge in [0, 0.05) is 27.5 Å². The lowest BCUT2D eigenvalue weighted by Gasteiger charge is -2.12. The van der Waals surface area contributed by atoms with Crippen LogP contribution in [0.25, 0.3) is 22.2 Å². The average molecular weight is 437 g/mol. The monoisotopic (exact) mass is 436 g/mol. The molecule has 0 saturated carbocycles. The first kappa shape index (κ1) is 20.2. The number of benzene rings is 3. The summed E-state index contributed by atoms with van der Waals surface area (Å²) in [4.78, 5) is 17.8. The van der Waals surface area contributed by atoms with Crippen molar-refractivity contribution < 1.29 is 9.53 Å². The molecule has 0 bridgehead atoms. The van der Waals surface area contributed by atoms with E-state index in [2.05, 4.69) is 5.32 Å². The number of fused-ring (bicyclic) bond motifs is 1. The maximum Gasteiger partial charge on any atom is 0.252 e. The summed E-state index contributed by atoms with van der Waals surface area (Å²) in [5.74, 6) is 0.562. The van der Waals surface area contributed by atoms with E-state index in [1.54, 1.807) is 25.3 Å². The summed E-state index contributed by atoms with van der Waals surface area (Å²) in [5.41, 5.74) is 3.71. The molecule has 30 heavy (non-hydrogen) atoms. The number of carbonyl (C=O) groups is 1. The van der Waals surface area contributed by atoms with Crippen LogP contribution in [0.3, 0.4) is 0 Å². The largest absolute Gasteiger partial charge is 0.497 e. The number of nitrogens with one attached hydrogen (secondary N) is 1. The lowest BCUT2D eigenvalue weighted by molar-refractivity contribution is 0.0952. The van der Waals surface area contributed by atoms with Crippen LogP contribution in [0.2, 0.25) is 10.0 Å². The van der Waals surface area contributed by atoms with E-state index in [0.29, 0.717) is 27.8 Å². The predicted octanol–water partition coefficient (Wildman–Crippen LogP) is 6.15. The Morgan fingerprint density at radius 3 is 2.50 bits per heavy atom. The lowest BCUT2D eigenvalue weighted by Crippen LogP contribution is -2.23. The summed E-state index contributed by atoms with van der Waals surface area (Å²) in [7, 11) is 1.62. The van der Waals surface area contributed by atoms with Gasteiger partial charge >= 0.3 is 0 Å². The molecule has 4 aromatic rings. The normalized spacial score (nSPS) is 10.8. The number of halogens is 2. The number of methoxy groups -OCH3 is 1. The van der Waals surface area contributed by atoms with Crippen LogP contribution in [-0.4, -0.2) is 18.0 Å². The Hall–Kier alpha value is -3.08. The molecule has 0 atom stereocenters. The highest BCUT2D eigenvalue weighted by Crippen LogP contribution is 2.27. The van der Waals surface area contributed by atoms with E-state index in [0.717, 1.165) is 27.8 Å². The molecule has 6 heteroatoms. The number of carbonyl (C=O) groups excluding carboxylic acids is 1. The van der Waals surface area contributed by atoms with Gasteiger partial charge in [0.25, 0.3) is 5.91 Å². The zero-order chi connectivity index (χ0) is 21.1. The number of pyridine rings is 1. The maximum absolute atomic E-state index is 13.1. The van der Waals surface area contributed by atoms with E-state index < -0.39 is 0 Å².